The van der Waals surface area contributed by atoms with Gasteiger partial charge in [0.25, 0.3) is 0 Å². The van der Waals surface area contributed by atoms with Crippen molar-refractivity contribution < 1.29 is 0 Å². The quantitative estimate of drug-likeness (QED) is 0.226. The second kappa shape index (κ2) is 15.0. The van der Waals surface area contributed by atoms with Gasteiger partial charge in [-0.2, -0.15) is 0 Å². The Balaban J connectivity index is 6.24. The van der Waals surface area contributed by atoms with Crippen molar-refractivity contribution in [2.45, 2.75) is 151 Å². The zero-order valence-corrected chi connectivity index (χ0v) is 19.8. The lowest BCUT2D eigenvalue weighted by Gasteiger charge is -2.56. The Kier molecular flexibility index (Phi) is 15.0. The number of hydrogen-bond acceptors (Lipinski definition) is 0. The first-order chi connectivity index (χ1) is 12.6. The smallest absolute Gasteiger partial charge is 0.0174 e. The molecule has 0 fully saturated rings. The molecule has 0 unspecified atom stereocenters. The zero-order chi connectivity index (χ0) is 19.9. The monoisotopic (exact) mass is 365 g/mol. The summed E-state index contributed by atoms with van der Waals surface area (Å²) in [4.78, 5) is 0. The van der Waals surface area contributed by atoms with Gasteiger partial charge in [-0.1, -0.05) is 106 Å². The van der Waals surface area contributed by atoms with Crippen molar-refractivity contribution in [1.29, 1.82) is 0 Å². The van der Waals surface area contributed by atoms with Crippen LogP contribution in [-0.2, 0) is 0 Å². The minimum atomic E-state index is 0.503. The summed E-state index contributed by atoms with van der Waals surface area (Å²) in [6.07, 6.45) is 22.2. The molecule has 0 aliphatic rings. The Labute approximate surface area is 168 Å². The van der Waals surface area contributed by atoms with Crippen LogP contribution in [-0.4, -0.2) is 0 Å². The molecule has 0 amide bonds. The Morgan fingerprint density at radius 3 is 1.35 bits per heavy atom. The molecule has 0 aromatic rings. The maximum absolute atomic E-state index is 2.44. The first kappa shape index (κ1) is 26.0. The van der Waals surface area contributed by atoms with Crippen molar-refractivity contribution in [1.82, 2.24) is 0 Å². The molecule has 0 aromatic carbocycles. The predicted octanol–water partition coefficient (Wildman–Crippen LogP) is 9.91. The third-order valence-electron chi connectivity index (χ3n) is 6.90. The molecular weight excluding hydrogens is 312 g/mol. The Hall–Kier alpha value is 0. The SMILES string of the molecule is CCCC[C](CCC)C(CCC)(CCC)C(CCC)(CCC)CCCC. The Morgan fingerprint density at radius 1 is 0.462 bits per heavy atom. The summed E-state index contributed by atoms with van der Waals surface area (Å²) in [5.74, 6) is 1.98. The van der Waals surface area contributed by atoms with Gasteiger partial charge in [-0.3, -0.25) is 0 Å². The van der Waals surface area contributed by atoms with E-state index in [0.717, 1.165) is 0 Å². The van der Waals surface area contributed by atoms with Crippen LogP contribution in [0.2, 0.25) is 0 Å². The van der Waals surface area contributed by atoms with E-state index in [4.69, 9.17) is 0 Å². The van der Waals surface area contributed by atoms with Crippen LogP contribution in [0.3, 0.4) is 0 Å². The summed E-state index contributed by atoms with van der Waals surface area (Å²) >= 11 is 0. The number of hydrogen-bond donors (Lipinski definition) is 0. The first-order valence-corrected chi connectivity index (χ1v) is 12.4. The van der Waals surface area contributed by atoms with Crippen LogP contribution in [0.15, 0.2) is 0 Å². The van der Waals surface area contributed by atoms with Gasteiger partial charge in [0, 0.05) is 0 Å². The Bertz CT molecular complexity index is 291. The van der Waals surface area contributed by atoms with Crippen LogP contribution in [0.5, 0.6) is 0 Å². The van der Waals surface area contributed by atoms with Crippen molar-refractivity contribution in [2.24, 2.45) is 10.8 Å². The lowest BCUT2D eigenvalue weighted by molar-refractivity contribution is -0.0112. The van der Waals surface area contributed by atoms with Gasteiger partial charge in [0.1, 0.15) is 0 Å². The standard InChI is InChI=1S/C26H53/c1-8-15-18-24(17-10-3)26(21-13-6,22-14-7)25(19-11-4,20-12-5)23-16-9-2/h8-23H2,1-7H3. The molecule has 26 heavy (non-hydrogen) atoms. The van der Waals surface area contributed by atoms with Gasteiger partial charge >= 0.3 is 0 Å². The van der Waals surface area contributed by atoms with E-state index in [0.29, 0.717) is 10.8 Å². The summed E-state index contributed by atoms with van der Waals surface area (Å²) in [5, 5.41) is 0. The second-order valence-electron chi connectivity index (χ2n) is 8.92. The van der Waals surface area contributed by atoms with Crippen LogP contribution in [0.4, 0.5) is 0 Å². The van der Waals surface area contributed by atoms with Crippen molar-refractivity contribution in [3.05, 3.63) is 5.92 Å². The maximum atomic E-state index is 2.44. The minimum Gasteiger partial charge on any atom is -0.0654 e. The molecule has 0 heteroatoms. The molecular formula is C26H53. The van der Waals surface area contributed by atoms with E-state index in [1.54, 1.807) is 0 Å². The Morgan fingerprint density at radius 2 is 0.962 bits per heavy atom. The highest BCUT2D eigenvalue weighted by Gasteiger charge is 2.51. The minimum absolute atomic E-state index is 0.503. The molecule has 0 bridgehead atoms. The van der Waals surface area contributed by atoms with E-state index >= 15 is 0 Å². The summed E-state index contributed by atoms with van der Waals surface area (Å²) in [6, 6.07) is 0. The maximum Gasteiger partial charge on any atom is -0.0174 e. The van der Waals surface area contributed by atoms with Gasteiger partial charge in [-0.05, 0) is 61.7 Å². The molecule has 1 radical (unpaired) electrons. The van der Waals surface area contributed by atoms with E-state index in [1.165, 1.54) is 103 Å². The largest absolute Gasteiger partial charge is 0.0654 e. The third kappa shape index (κ3) is 6.87. The number of rotatable bonds is 18. The van der Waals surface area contributed by atoms with Crippen LogP contribution in [0, 0.1) is 16.7 Å². The van der Waals surface area contributed by atoms with E-state index in [9.17, 15) is 0 Å². The molecule has 157 valence electrons. The highest BCUT2D eigenvalue weighted by Crippen LogP contribution is 2.62. The molecule has 0 rings (SSSR count). The van der Waals surface area contributed by atoms with Crippen molar-refractivity contribution in [3.8, 4) is 0 Å². The zero-order valence-electron chi connectivity index (χ0n) is 19.8. The van der Waals surface area contributed by atoms with Gasteiger partial charge in [0.15, 0.2) is 0 Å². The molecule has 0 heterocycles. The molecule has 0 aliphatic heterocycles. The van der Waals surface area contributed by atoms with Crippen molar-refractivity contribution >= 4 is 0 Å². The van der Waals surface area contributed by atoms with E-state index in [-0.39, 0.29) is 0 Å². The fourth-order valence-corrected chi connectivity index (χ4v) is 6.10. The fraction of sp³-hybridized carbons (Fsp3) is 0.962. The highest BCUT2D eigenvalue weighted by molar-refractivity contribution is 5.14. The average molecular weight is 366 g/mol. The molecule has 0 atom stereocenters. The summed E-state index contributed by atoms with van der Waals surface area (Å²) in [7, 11) is 0. The van der Waals surface area contributed by atoms with Crippen molar-refractivity contribution in [3.63, 3.8) is 0 Å². The highest BCUT2D eigenvalue weighted by atomic mass is 14.6. The second-order valence-corrected chi connectivity index (χ2v) is 8.92. The van der Waals surface area contributed by atoms with Gasteiger partial charge in [0.05, 0.1) is 0 Å². The molecule has 0 nitrogen and oxygen atoms in total. The van der Waals surface area contributed by atoms with Gasteiger partial charge in [-0.25, -0.2) is 0 Å². The molecule has 0 spiro atoms. The van der Waals surface area contributed by atoms with Crippen LogP contribution < -0.4 is 0 Å². The lowest BCUT2D eigenvalue weighted by atomic mass is 9.48. The van der Waals surface area contributed by atoms with Crippen LogP contribution in [0.1, 0.15) is 151 Å². The normalized spacial score (nSPS) is 12.9. The summed E-state index contributed by atoms with van der Waals surface area (Å²) in [6.45, 7) is 16.9. The van der Waals surface area contributed by atoms with Gasteiger partial charge < -0.3 is 0 Å². The van der Waals surface area contributed by atoms with Gasteiger partial charge in [-0.15, -0.1) is 0 Å². The summed E-state index contributed by atoms with van der Waals surface area (Å²) < 4.78 is 0. The average Bonchev–Trinajstić information content (AvgIpc) is 2.63. The summed E-state index contributed by atoms with van der Waals surface area (Å²) in [5.41, 5.74) is 1.06. The van der Waals surface area contributed by atoms with E-state index in [1.807, 2.05) is 5.92 Å². The van der Waals surface area contributed by atoms with Crippen LogP contribution in [0.25, 0.3) is 0 Å². The van der Waals surface area contributed by atoms with Gasteiger partial charge in [0.2, 0.25) is 0 Å². The third-order valence-corrected chi connectivity index (χ3v) is 6.90. The molecule has 0 saturated carbocycles. The molecule has 0 saturated heterocycles. The number of unbranched alkanes of at least 4 members (excludes halogenated alkanes) is 2. The van der Waals surface area contributed by atoms with Crippen LogP contribution >= 0.6 is 0 Å². The predicted molar refractivity (Wildman–Crippen MR) is 122 cm³/mol. The van der Waals surface area contributed by atoms with Crippen molar-refractivity contribution in [2.75, 3.05) is 0 Å². The van der Waals surface area contributed by atoms with E-state index < -0.39 is 0 Å². The molecule has 0 aliphatic carbocycles. The topological polar surface area (TPSA) is 0 Å². The fourth-order valence-electron chi connectivity index (χ4n) is 6.10. The lowest BCUT2D eigenvalue weighted by Crippen LogP contribution is -2.47. The van der Waals surface area contributed by atoms with E-state index in [2.05, 4.69) is 48.5 Å². The molecule has 0 N–H and O–H groups in total. The first-order valence-electron chi connectivity index (χ1n) is 12.4. The molecule has 0 aromatic heterocycles.